The summed E-state index contributed by atoms with van der Waals surface area (Å²) in [7, 11) is 0. The number of hydrogen-bond donors (Lipinski definition) is 2. The topological polar surface area (TPSA) is 61.0 Å². The molecule has 0 aromatic heterocycles. The number of nitrogens with zero attached hydrogens (tertiary/aromatic N) is 2. The van der Waals surface area contributed by atoms with Crippen molar-refractivity contribution in [2.75, 3.05) is 19.6 Å². The van der Waals surface area contributed by atoms with E-state index in [0.717, 1.165) is 66.0 Å². The molecule has 2 aliphatic carbocycles. The summed E-state index contributed by atoms with van der Waals surface area (Å²) in [6.07, 6.45) is 10.3. The molecular weight excluding hydrogens is 360 g/mol. The van der Waals surface area contributed by atoms with E-state index in [0.29, 0.717) is 0 Å². The Labute approximate surface area is 171 Å². The zero-order chi connectivity index (χ0) is 19.6. The first-order valence-corrected chi connectivity index (χ1v) is 10.5. The molecule has 2 heterocycles. The minimum Gasteiger partial charge on any atom is -0.344 e. The second-order valence-electron chi connectivity index (χ2n) is 8.02. The van der Waals surface area contributed by atoms with Gasteiger partial charge in [0, 0.05) is 29.4 Å². The molecular formula is C24H26N4O. The lowest BCUT2D eigenvalue weighted by Crippen LogP contribution is -2.37. The van der Waals surface area contributed by atoms with E-state index < -0.39 is 0 Å². The lowest BCUT2D eigenvalue weighted by molar-refractivity contribution is 0.0926. The molecule has 2 aliphatic heterocycles. The fourth-order valence-corrected chi connectivity index (χ4v) is 4.65. The van der Waals surface area contributed by atoms with Gasteiger partial charge in [0.05, 0.1) is 11.7 Å². The van der Waals surface area contributed by atoms with Crippen molar-refractivity contribution in [1.29, 1.82) is 0 Å². The van der Waals surface area contributed by atoms with Crippen LogP contribution in [0.25, 0.3) is 17.2 Å². The summed E-state index contributed by atoms with van der Waals surface area (Å²) >= 11 is 0. The molecule has 5 heteroatoms. The number of likely N-dealkylation sites (tertiary alicyclic amines) is 1. The molecule has 148 valence electrons. The van der Waals surface area contributed by atoms with Gasteiger partial charge in [-0.05, 0) is 62.0 Å². The number of aromatic amines is 1. The third kappa shape index (κ3) is 3.58. The van der Waals surface area contributed by atoms with Crippen LogP contribution in [0.5, 0.6) is 0 Å². The monoisotopic (exact) mass is 386 g/mol. The van der Waals surface area contributed by atoms with Crippen molar-refractivity contribution in [3.63, 3.8) is 0 Å². The van der Waals surface area contributed by atoms with Crippen molar-refractivity contribution in [3.8, 4) is 11.1 Å². The Hall–Kier alpha value is -2.92. The van der Waals surface area contributed by atoms with E-state index in [9.17, 15) is 4.79 Å². The molecule has 1 aromatic rings. The molecule has 0 spiro atoms. The average molecular weight is 386 g/mol. The quantitative estimate of drug-likeness (QED) is 0.696. The van der Waals surface area contributed by atoms with Gasteiger partial charge in [0.25, 0.3) is 5.91 Å². The lowest BCUT2D eigenvalue weighted by Gasteiger charge is -2.25. The Morgan fingerprint density at radius 3 is 2.86 bits per heavy atom. The Morgan fingerprint density at radius 1 is 1.21 bits per heavy atom. The minimum atomic E-state index is -0.0138. The van der Waals surface area contributed by atoms with Gasteiger partial charge in [0.15, 0.2) is 0 Å². The van der Waals surface area contributed by atoms with Crippen LogP contribution in [0.1, 0.15) is 52.5 Å². The largest absolute Gasteiger partial charge is 0.344 e. The van der Waals surface area contributed by atoms with Crippen molar-refractivity contribution in [1.82, 2.24) is 20.4 Å². The highest BCUT2D eigenvalue weighted by Crippen LogP contribution is 2.36. The number of hydrogen-bond acceptors (Lipinski definition) is 3. The predicted molar refractivity (Wildman–Crippen MR) is 115 cm³/mol. The van der Waals surface area contributed by atoms with Gasteiger partial charge in [-0.1, -0.05) is 36.4 Å². The summed E-state index contributed by atoms with van der Waals surface area (Å²) in [5, 5.41) is 10.7. The molecule has 1 amide bonds. The molecule has 5 rings (SSSR count). The number of carbonyl (C=O) groups is 1. The van der Waals surface area contributed by atoms with E-state index in [1.54, 1.807) is 0 Å². The maximum absolute atomic E-state index is 13.4. The first-order chi connectivity index (χ1) is 14.3. The molecule has 2 N–H and O–H groups in total. The second-order valence-corrected chi connectivity index (χ2v) is 8.02. The standard InChI is InChI=1S/C24H26N4O/c29-24(20-14-18-15-25-27-21-11-5-4-10-19(20)23(18)21)26-22(16-28-12-6-7-13-28)17-8-2-1-3-9-17/h1-3,5,8-9,11,14-15,22,25H,4,6-7,10,12-13,16H2,(H,26,29)/t22-/m1/s1. The van der Waals surface area contributed by atoms with Crippen molar-refractivity contribution in [2.45, 2.75) is 31.7 Å². The lowest BCUT2D eigenvalue weighted by atomic mass is 10.0. The van der Waals surface area contributed by atoms with Gasteiger partial charge in [0.2, 0.25) is 0 Å². The van der Waals surface area contributed by atoms with E-state index in [4.69, 9.17) is 0 Å². The SMILES string of the molecule is O=C(N[C@H](CN1CCCC1)c1ccccc1)c1cc2c[nH]nc3c-2c1CCC=C3. The highest BCUT2D eigenvalue weighted by Gasteiger charge is 2.27. The van der Waals surface area contributed by atoms with Crippen molar-refractivity contribution < 1.29 is 4.79 Å². The number of rotatable bonds is 5. The van der Waals surface area contributed by atoms with Gasteiger partial charge in [-0.3, -0.25) is 9.89 Å². The van der Waals surface area contributed by atoms with Crippen LogP contribution in [0.15, 0.2) is 48.7 Å². The van der Waals surface area contributed by atoms with E-state index in [1.807, 2.05) is 30.5 Å². The summed E-state index contributed by atoms with van der Waals surface area (Å²) in [5.41, 5.74) is 6.15. The van der Waals surface area contributed by atoms with Crippen LogP contribution in [0, 0.1) is 0 Å². The fraction of sp³-hybridized carbons (Fsp3) is 0.333. The van der Waals surface area contributed by atoms with Gasteiger partial charge in [0.1, 0.15) is 0 Å². The normalized spacial score (nSPS) is 17.4. The highest BCUT2D eigenvalue weighted by molar-refractivity contribution is 6.01. The minimum absolute atomic E-state index is 0.0112. The maximum atomic E-state index is 13.4. The zero-order valence-corrected chi connectivity index (χ0v) is 16.5. The van der Waals surface area contributed by atoms with Crippen LogP contribution >= 0.6 is 0 Å². The number of allylic oxidation sites excluding steroid dienone is 1. The maximum Gasteiger partial charge on any atom is 0.252 e. The Bertz CT molecular complexity index is 1000. The fourth-order valence-electron chi connectivity index (χ4n) is 4.65. The molecule has 0 bridgehead atoms. The number of benzene rings is 1. The van der Waals surface area contributed by atoms with Crippen LogP contribution in [0.2, 0.25) is 0 Å². The smallest absolute Gasteiger partial charge is 0.252 e. The molecule has 0 saturated carbocycles. The average Bonchev–Trinajstić information content (AvgIpc) is 3.33. The van der Waals surface area contributed by atoms with E-state index >= 15 is 0 Å². The molecule has 5 nitrogen and oxygen atoms in total. The third-order valence-corrected chi connectivity index (χ3v) is 6.10. The first-order valence-electron chi connectivity index (χ1n) is 10.5. The molecule has 1 aromatic carbocycles. The number of carbonyl (C=O) groups excluding carboxylic acids is 1. The van der Waals surface area contributed by atoms with Gasteiger partial charge < -0.3 is 10.2 Å². The van der Waals surface area contributed by atoms with Crippen LogP contribution in [0.3, 0.4) is 0 Å². The summed E-state index contributed by atoms with van der Waals surface area (Å²) < 4.78 is 0. The molecule has 1 fully saturated rings. The number of H-pyrrole nitrogens is 1. The summed E-state index contributed by atoms with van der Waals surface area (Å²) in [6, 6.07) is 12.3. The molecule has 0 unspecified atom stereocenters. The number of nitrogens with one attached hydrogen (secondary N) is 2. The van der Waals surface area contributed by atoms with E-state index in [2.05, 4.69) is 44.7 Å². The Kier molecular flexibility index (Phi) is 4.90. The number of aromatic nitrogens is 2. The summed E-state index contributed by atoms with van der Waals surface area (Å²) in [5.74, 6) is 0.0112. The van der Waals surface area contributed by atoms with Crippen molar-refractivity contribution in [2.24, 2.45) is 0 Å². The second kappa shape index (κ2) is 7.84. The molecule has 0 radical (unpaired) electrons. The zero-order valence-electron chi connectivity index (χ0n) is 16.5. The van der Waals surface area contributed by atoms with Gasteiger partial charge in [-0.2, -0.15) is 5.10 Å². The Morgan fingerprint density at radius 2 is 2.03 bits per heavy atom. The van der Waals surface area contributed by atoms with Crippen LogP contribution in [-0.4, -0.2) is 40.6 Å². The highest BCUT2D eigenvalue weighted by atomic mass is 16.1. The van der Waals surface area contributed by atoms with E-state index in [-0.39, 0.29) is 11.9 Å². The summed E-state index contributed by atoms with van der Waals surface area (Å²) in [6.45, 7) is 3.08. The predicted octanol–water partition coefficient (Wildman–Crippen LogP) is 4.04. The van der Waals surface area contributed by atoms with Crippen LogP contribution < -0.4 is 5.32 Å². The van der Waals surface area contributed by atoms with Gasteiger partial charge >= 0.3 is 0 Å². The van der Waals surface area contributed by atoms with Gasteiger partial charge in [-0.25, -0.2) is 0 Å². The molecule has 4 aliphatic rings. The Balaban J connectivity index is 1.46. The number of amides is 1. The summed E-state index contributed by atoms with van der Waals surface area (Å²) in [4.78, 5) is 15.9. The molecule has 1 atom stereocenters. The van der Waals surface area contributed by atoms with E-state index in [1.165, 1.54) is 12.8 Å². The van der Waals surface area contributed by atoms with Gasteiger partial charge in [-0.15, -0.1) is 0 Å². The van der Waals surface area contributed by atoms with Crippen molar-refractivity contribution in [3.05, 3.63) is 71.1 Å². The first kappa shape index (κ1) is 18.1. The van der Waals surface area contributed by atoms with Crippen molar-refractivity contribution >= 4 is 12.0 Å². The third-order valence-electron chi connectivity index (χ3n) is 6.10. The van der Waals surface area contributed by atoms with Crippen LogP contribution in [-0.2, 0) is 6.42 Å². The van der Waals surface area contributed by atoms with Crippen LogP contribution in [0.4, 0.5) is 0 Å². The molecule has 1 saturated heterocycles. The molecule has 29 heavy (non-hydrogen) atoms.